The van der Waals surface area contributed by atoms with Gasteiger partial charge in [-0.25, -0.2) is 9.78 Å². The van der Waals surface area contributed by atoms with Crippen LogP contribution in [0.2, 0.25) is 0 Å². The van der Waals surface area contributed by atoms with Gasteiger partial charge >= 0.3 is 6.03 Å². The van der Waals surface area contributed by atoms with Crippen LogP contribution in [0.25, 0.3) is 11.4 Å². The molecule has 2 aromatic heterocycles. The Morgan fingerprint density at radius 1 is 1.14 bits per heavy atom. The second kappa shape index (κ2) is 9.80. The van der Waals surface area contributed by atoms with Crippen molar-refractivity contribution in [2.75, 3.05) is 37.5 Å². The van der Waals surface area contributed by atoms with E-state index in [1.165, 1.54) is 7.05 Å². The first kappa shape index (κ1) is 23.5. The van der Waals surface area contributed by atoms with Gasteiger partial charge in [0.2, 0.25) is 0 Å². The lowest BCUT2D eigenvalue weighted by Crippen LogP contribution is -2.38. The van der Waals surface area contributed by atoms with Crippen LogP contribution < -0.4 is 20.3 Å². The van der Waals surface area contributed by atoms with Gasteiger partial charge in [0.05, 0.1) is 24.0 Å². The van der Waals surface area contributed by atoms with Crippen molar-refractivity contribution in [1.29, 1.82) is 0 Å². The van der Waals surface area contributed by atoms with E-state index in [9.17, 15) is 9.59 Å². The fourth-order valence-electron chi connectivity index (χ4n) is 4.86. The summed E-state index contributed by atoms with van der Waals surface area (Å²) in [5, 5.41) is 18.6. The van der Waals surface area contributed by atoms with E-state index >= 15 is 0 Å². The Kier molecular flexibility index (Phi) is 6.40. The Balaban J connectivity index is 1.49. The summed E-state index contributed by atoms with van der Waals surface area (Å²) in [5.74, 6) is 0.998. The molecule has 2 fully saturated rings. The van der Waals surface area contributed by atoms with Crippen molar-refractivity contribution in [2.45, 2.75) is 31.7 Å². The smallest absolute Gasteiger partial charge is 0.326 e. The molecule has 3 aromatic rings. The molecule has 3 heterocycles. The number of nitrogens with zero attached hydrogens (tertiary/aromatic N) is 7. The monoisotopic (exact) mass is 491 g/mol. The van der Waals surface area contributed by atoms with Gasteiger partial charge in [-0.1, -0.05) is 18.9 Å². The van der Waals surface area contributed by atoms with Gasteiger partial charge in [-0.2, -0.15) is 5.10 Å². The molecule has 2 N–H and O–H groups in total. The first-order valence-electron chi connectivity index (χ1n) is 12.0. The lowest BCUT2D eigenvalue weighted by molar-refractivity contribution is 0.0958. The second-order valence-corrected chi connectivity index (χ2v) is 8.86. The van der Waals surface area contributed by atoms with Gasteiger partial charge in [0, 0.05) is 39.3 Å². The van der Waals surface area contributed by atoms with Crippen LogP contribution in [0.5, 0.6) is 5.75 Å². The average Bonchev–Trinajstić information content (AvgIpc) is 3.65. The summed E-state index contributed by atoms with van der Waals surface area (Å²) in [6.45, 7) is 1.17. The molecule has 0 unspecified atom stereocenters. The van der Waals surface area contributed by atoms with Crippen LogP contribution in [0.3, 0.4) is 0 Å². The highest BCUT2D eigenvalue weighted by molar-refractivity contribution is 6.00. The summed E-state index contributed by atoms with van der Waals surface area (Å²) < 4.78 is 7.31. The van der Waals surface area contributed by atoms with E-state index in [1.807, 2.05) is 23.1 Å². The van der Waals surface area contributed by atoms with Crippen molar-refractivity contribution in [3.05, 3.63) is 36.3 Å². The van der Waals surface area contributed by atoms with Gasteiger partial charge in [-0.15, -0.1) is 10.2 Å². The predicted octanol–water partition coefficient (Wildman–Crippen LogP) is 2.57. The molecule has 0 atom stereocenters. The summed E-state index contributed by atoms with van der Waals surface area (Å²) in [5.41, 5.74) is 1.78. The van der Waals surface area contributed by atoms with Crippen LogP contribution in [-0.4, -0.2) is 75.1 Å². The Hall–Kier alpha value is -4.22. The Labute approximate surface area is 208 Å². The Morgan fingerprint density at radius 3 is 2.64 bits per heavy atom. The highest BCUT2D eigenvalue weighted by Crippen LogP contribution is 2.37. The number of benzene rings is 1. The Bertz CT molecular complexity index is 1290. The summed E-state index contributed by atoms with van der Waals surface area (Å²) in [6.07, 6.45) is 5.99. The maximum Gasteiger partial charge on any atom is 0.326 e. The van der Waals surface area contributed by atoms with Crippen LogP contribution in [0, 0.1) is 0 Å². The molecule has 0 spiro atoms. The average molecular weight is 492 g/mol. The third-order valence-electron chi connectivity index (χ3n) is 6.64. The SMILES string of the molecule is CNC(=O)c1nnc(N2CCN(C3CCCC3)C2=O)cc1Nc1cccc(-c2ncn(C)n2)c1OC. The number of urea groups is 1. The molecule has 2 aliphatic rings. The number of para-hydroxylation sites is 1. The molecular weight excluding hydrogens is 462 g/mol. The number of carbonyl (C=O) groups excluding carboxylic acids is 2. The topological polar surface area (TPSA) is 130 Å². The molecule has 3 amide bonds. The van der Waals surface area contributed by atoms with E-state index in [1.54, 1.807) is 36.1 Å². The molecule has 0 radical (unpaired) electrons. The standard InChI is InChI=1S/C24H29N9O3/c1-25-23(34)20-18(27-17-10-6-9-16(21(17)36-3)22-26-14-31(2)30-22)13-19(28-29-20)33-12-11-32(24(33)35)15-7-4-5-8-15/h6,9-10,13-15H,4-5,7-8,11-12H2,1-3H3,(H,25,34)(H,27,28). The molecule has 1 saturated heterocycles. The van der Waals surface area contributed by atoms with Gasteiger partial charge in [0.1, 0.15) is 6.33 Å². The zero-order valence-corrected chi connectivity index (χ0v) is 20.6. The number of hydrogen-bond acceptors (Lipinski definition) is 8. The van der Waals surface area contributed by atoms with E-state index in [0.29, 0.717) is 47.4 Å². The van der Waals surface area contributed by atoms with Crippen molar-refractivity contribution < 1.29 is 14.3 Å². The molecular formula is C24H29N9O3. The van der Waals surface area contributed by atoms with Crippen molar-refractivity contribution in [2.24, 2.45) is 7.05 Å². The second-order valence-electron chi connectivity index (χ2n) is 8.86. The number of carbonyl (C=O) groups is 2. The third-order valence-corrected chi connectivity index (χ3v) is 6.64. The predicted molar refractivity (Wildman–Crippen MR) is 133 cm³/mol. The fraction of sp³-hybridized carbons (Fsp3) is 0.417. The van der Waals surface area contributed by atoms with Crippen LogP contribution in [0.1, 0.15) is 36.2 Å². The minimum Gasteiger partial charge on any atom is -0.494 e. The third kappa shape index (κ3) is 4.30. The first-order chi connectivity index (χ1) is 17.5. The Morgan fingerprint density at radius 2 is 1.94 bits per heavy atom. The molecule has 12 nitrogen and oxygen atoms in total. The van der Waals surface area contributed by atoms with Crippen LogP contribution in [-0.2, 0) is 7.05 Å². The largest absolute Gasteiger partial charge is 0.494 e. The van der Waals surface area contributed by atoms with Crippen LogP contribution in [0.15, 0.2) is 30.6 Å². The number of hydrogen-bond donors (Lipinski definition) is 2. The van der Waals surface area contributed by atoms with Crippen LogP contribution in [0.4, 0.5) is 22.0 Å². The van der Waals surface area contributed by atoms with Crippen molar-refractivity contribution in [3.8, 4) is 17.1 Å². The summed E-state index contributed by atoms with van der Waals surface area (Å²) in [6, 6.07) is 7.41. The van der Waals surface area contributed by atoms with Gasteiger partial charge in [-0.3, -0.25) is 14.4 Å². The number of nitrogens with one attached hydrogen (secondary N) is 2. The normalized spacial score (nSPS) is 16.0. The van der Waals surface area contributed by atoms with E-state index in [4.69, 9.17) is 4.74 Å². The van der Waals surface area contributed by atoms with Gasteiger partial charge < -0.3 is 20.3 Å². The fourth-order valence-corrected chi connectivity index (χ4v) is 4.86. The maximum absolute atomic E-state index is 13.2. The zero-order chi connectivity index (χ0) is 25.2. The molecule has 36 heavy (non-hydrogen) atoms. The molecule has 1 aromatic carbocycles. The molecule has 12 heteroatoms. The minimum absolute atomic E-state index is 0.0735. The lowest BCUT2D eigenvalue weighted by Gasteiger charge is -2.24. The number of aryl methyl sites for hydroxylation is 1. The number of aromatic nitrogens is 5. The molecule has 1 aliphatic heterocycles. The molecule has 0 bridgehead atoms. The summed E-state index contributed by atoms with van der Waals surface area (Å²) >= 11 is 0. The van der Waals surface area contributed by atoms with E-state index in [0.717, 1.165) is 25.7 Å². The molecule has 5 rings (SSSR count). The number of rotatable bonds is 7. The van der Waals surface area contributed by atoms with Crippen molar-refractivity contribution >= 4 is 29.1 Å². The maximum atomic E-state index is 13.2. The highest BCUT2D eigenvalue weighted by Gasteiger charge is 2.36. The van der Waals surface area contributed by atoms with Crippen LogP contribution >= 0.6 is 0 Å². The first-order valence-corrected chi connectivity index (χ1v) is 12.0. The summed E-state index contributed by atoms with van der Waals surface area (Å²) in [4.78, 5) is 33.7. The highest BCUT2D eigenvalue weighted by atomic mass is 16.5. The van der Waals surface area contributed by atoms with Gasteiger partial charge in [0.15, 0.2) is 23.1 Å². The summed E-state index contributed by atoms with van der Waals surface area (Å²) in [7, 11) is 4.88. The van der Waals surface area contributed by atoms with E-state index < -0.39 is 5.91 Å². The zero-order valence-electron chi connectivity index (χ0n) is 20.6. The van der Waals surface area contributed by atoms with Gasteiger partial charge in [-0.05, 0) is 25.0 Å². The minimum atomic E-state index is -0.404. The lowest BCUT2D eigenvalue weighted by atomic mass is 10.1. The number of ether oxygens (including phenoxy) is 1. The molecule has 1 aliphatic carbocycles. The number of amides is 3. The number of anilines is 3. The van der Waals surface area contributed by atoms with E-state index in [-0.39, 0.29) is 17.8 Å². The quantitative estimate of drug-likeness (QED) is 0.516. The molecule has 188 valence electrons. The van der Waals surface area contributed by atoms with Crippen molar-refractivity contribution in [3.63, 3.8) is 0 Å². The van der Waals surface area contributed by atoms with E-state index in [2.05, 4.69) is 30.9 Å². The number of methoxy groups -OCH3 is 1. The van der Waals surface area contributed by atoms with Crippen molar-refractivity contribution in [1.82, 2.24) is 35.2 Å². The molecule has 1 saturated carbocycles. The van der Waals surface area contributed by atoms with Gasteiger partial charge in [0.25, 0.3) is 5.91 Å².